The first-order valence-corrected chi connectivity index (χ1v) is 6.58. The van der Waals surface area contributed by atoms with Crippen LogP contribution in [-0.2, 0) is 10.0 Å². The summed E-state index contributed by atoms with van der Waals surface area (Å²) in [5, 5.41) is 0.00645. The number of anilines is 1. The topological polar surface area (TPSA) is 72.0 Å². The van der Waals surface area contributed by atoms with Gasteiger partial charge in [-0.05, 0) is 12.1 Å². The van der Waals surface area contributed by atoms with Crippen LogP contribution in [0.25, 0.3) is 0 Å². The smallest absolute Gasteiger partial charge is 0.265 e. The molecule has 0 radical (unpaired) electrons. The molecule has 2 rings (SSSR count). The summed E-state index contributed by atoms with van der Waals surface area (Å²) >= 11 is 5.75. The number of sulfonamides is 1. The molecule has 1 N–H and O–H groups in total. The van der Waals surface area contributed by atoms with Crippen LogP contribution in [0.4, 0.5) is 10.1 Å². The Bertz CT molecular complexity index is 678. The van der Waals surface area contributed by atoms with Crippen LogP contribution in [0, 0.1) is 5.82 Å². The van der Waals surface area contributed by atoms with Gasteiger partial charge >= 0.3 is 0 Å². The van der Waals surface area contributed by atoms with Gasteiger partial charge in [0.2, 0.25) is 0 Å². The van der Waals surface area contributed by atoms with Gasteiger partial charge in [-0.2, -0.15) is 0 Å². The van der Waals surface area contributed by atoms with Gasteiger partial charge in [-0.1, -0.05) is 11.6 Å². The molecule has 2 aromatic rings. The van der Waals surface area contributed by atoms with Crippen LogP contribution >= 0.6 is 11.6 Å². The molecule has 18 heavy (non-hydrogen) atoms. The SMILES string of the molecule is O=S(=O)(Nc1ccncc1F)c1cnccc1Cl. The lowest BCUT2D eigenvalue weighted by Crippen LogP contribution is -2.14. The zero-order valence-electron chi connectivity index (χ0n) is 8.84. The molecule has 2 heterocycles. The molecule has 0 aliphatic rings. The molecule has 0 aromatic carbocycles. The fraction of sp³-hybridized carbons (Fsp3) is 0. The third-order valence-electron chi connectivity index (χ3n) is 2.04. The number of halogens is 2. The average Bonchev–Trinajstić information content (AvgIpc) is 2.32. The first kappa shape index (κ1) is 12.7. The highest BCUT2D eigenvalue weighted by Crippen LogP contribution is 2.23. The van der Waals surface area contributed by atoms with Crippen molar-refractivity contribution in [3.63, 3.8) is 0 Å². The van der Waals surface area contributed by atoms with Crippen molar-refractivity contribution in [2.24, 2.45) is 0 Å². The Hall–Kier alpha value is -1.73. The number of nitrogens with one attached hydrogen (secondary N) is 1. The highest BCUT2D eigenvalue weighted by Gasteiger charge is 2.19. The third-order valence-corrected chi connectivity index (χ3v) is 3.88. The number of pyridine rings is 2. The molecule has 0 aliphatic carbocycles. The minimum atomic E-state index is -3.98. The molecule has 94 valence electrons. The van der Waals surface area contributed by atoms with Crippen LogP contribution in [0.15, 0.2) is 41.8 Å². The van der Waals surface area contributed by atoms with Crippen molar-refractivity contribution < 1.29 is 12.8 Å². The van der Waals surface area contributed by atoms with Crippen LogP contribution in [0.1, 0.15) is 0 Å². The molecule has 0 spiro atoms. The Balaban J connectivity index is 2.40. The molecule has 0 fully saturated rings. The molecule has 8 heteroatoms. The Morgan fingerprint density at radius 3 is 2.50 bits per heavy atom. The molecule has 0 unspecified atom stereocenters. The van der Waals surface area contributed by atoms with Gasteiger partial charge in [0.05, 0.1) is 16.9 Å². The predicted molar refractivity (Wildman–Crippen MR) is 64.3 cm³/mol. The zero-order chi connectivity index (χ0) is 13.2. The van der Waals surface area contributed by atoms with Gasteiger partial charge in [-0.25, -0.2) is 12.8 Å². The summed E-state index contributed by atoms with van der Waals surface area (Å²) in [4.78, 5) is 6.96. The Morgan fingerprint density at radius 1 is 1.17 bits per heavy atom. The van der Waals surface area contributed by atoms with Gasteiger partial charge in [-0.3, -0.25) is 14.7 Å². The van der Waals surface area contributed by atoms with Crippen LogP contribution in [-0.4, -0.2) is 18.4 Å². The average molecular weight is 288 g/mol. The fourth-order valence-corrected chi connectivity index (χ4v) is 2.72. The molecule has 0 saturated carbocycles. The van der Waals surface area contributed by atoms with Crippen molar-refractivity contribution in [2.75, 3.05) is 4.72 Å². The molecule has 0 saturated heterocycles. The molecular weight excluding hydrogens is 281 g/mol. The maximum absolute atomic E-state index is 13.3. The fourth-order valence-electron chi connectivity index (χ4n) is 1.22. The third kappa shape index (κ3) is 2.57. The van der Waals surface area contributed by atoms with E-state index in [1.54, 1.807) is 0 Å². The van der Waals surface area contributed by atoms with Crippen LogP contribution in [0.3, 0.4) is 0 Å². The van der Waals surface area contributed by atoms with Gasteiger partial charge in [0, 0.05) is 18.6 Å². The minimum Gasteiger partial charge on any atom is -0.276 e. The summed E-state index contributed by atoms with van der Waals surface area (Å²) < 4.78 is 39.3. The van der Waals surface area contributed by atoms with Crippen molar-refractivity contribution in [1.82, 2.24) is 9.97 Å². The largest absolute Gasteiger partial charge is 0.276 e. The predicted octanol–water partition coefficient (Wildman–Crippen LogP) is 2.07. The lowest BCUT2D eigenvalue weighted by atomic mass is 10.4. The minimum absolute atomic E-state index is 0.00645. The molecule has 0 amide bonds. The van der Waals surface area contributed by atoms with E-state index in [9.17, 15) is 12.8 Å². The van der Waals surface area contributed by atoms with E-state index in [-0.39, 0.29) is 15.6 Å². The van der Waals surface area contributed by atoms with Crippen molar-refractivity contribution >= 4 is 27.3 Å². The standard InChI is InChI=1S/C10H7ClFN3O2S/c11-7-1-3-14-6-10(7)18(16,17)15-9-2-4-13-5-8(9)12/h1-6H,(H,13,15). The molecule has 2 aromatic heterocycles. The summed E-state index contributed by atoms with van der Waals surface area (Å²) in [6.07, 6.45) is 4.62. The summed E-state index contributed by atoms with van der Waals surface area (Å²) in [5.41, 5.74) is -0.204. The lowest BCUT2D eigenvalue weighted by molar-refractivity contribution is 0.597. The first-order valence-electron chi connectivity index (χ1n) is 4.72. The second-order valence-corrected chi connectivity index (χ2v) is 5.33. The van der Waals surface area contributed by atoms with Gasteiger partial charge < -0.3 is 0 Å². The summed E-state index contributed by atoms with van der Waals surface area (Å²) in [6, 6.07) is 2.54. The van der Waals surface area contributed by atoms with Crippen LogP contribution in [0.5, 0.6) is 0 Å². The number of hydrogen-bond acceptors (Lipinski definition) is 4. The van der Waals surface area contributed by atoms with Crippen molar-refractivity contribution in [1.29, 1.82) is 0 Å². The van der Waals surface area contributed by atoms with Gasteiger partial charge in [0.15, 0.2) is 5.82 Å². The van der Waals surface area contributed by atoms with Crippen LogP contribution in [0.2, 0.25) is 5.02 Å². The van der Waals surface area contributed by atoms with E-state index in [0.29, 0.717) is 0 Å². The summed E-state index contributed by atoms with van der Waals surface area (Å²) in [6.45, 7) is 0. The molecule has 0 aliphatic heterocycles. The van der Waals surface area contributed by atoms with E-state index in [1.165, 1.54) is 24.5 Å². The van der Waals surface area contributed by atoms with Gasteiger partial charge in [-0.15, -0.1) is 0 Å². The second-order valence-electron chi connectivity index (χ2n) is 3.27. The van der Waals surface area contributed by atoms with Crippen molar-refractivity contribution in [3.05, 3.63) is 47.8 Å². The van der Waals surface area contributed by atoms with E-state index < -0.39 is 15.8 Å². The van der Waals surface area contributed by atoms with E-state index in [1.807, 2.05) is 0 Å². The molecule has 0 atom stereocenters. The summed E-state index contributed by atoms with van der Waals surface area (Å²) in [7, 11) is -3.98. The lowest BCUT2D eigenvalue weighted by Gasteiger charge is -2.09. The molecule has 5 nitrogen and oxygen atoms in total. The van der Waals surface area contributed by atoms with Crippen LogP contribution < -0.4 is 4.72 Å². The Kier molecular flexibility index (Phi) is 3.44. The van der Waals surface area contributed by atoms with E-state index in [4.69, 9.17) is 11.6 Å². The zero-order valence-corrected chi connectivity index (χ0v) is 10.4. The number of hydrogen-bond donors (Lipinski definition) is 1. The molecular formula is C10H7ClFN3O2S. The highest BCUT2D eigenvalue weighted by atomic mass is 35.5. The first-order chi connectivity index (χ1) is 8.50. The van der Waals surface area contributed by atoms with Gasteiger partial charge in [0.25, 0.3) is 10.0 Å². The monoisotopic (exact) mass is 287 g/mol. The van der Waals surface area contributed by atoms with E-state index >= 15 is 0 Å². The second kappa shape index (κ2) is 4.87. The quantitative estimate of drug-likeness (QED) is 0.938. The van der Waals surface area contributed by atoms with Crippen molar-refractivity contribution in [3.8, 4) is 0 Å². The Morgan fingerprint density at radius 2 is 1.83 bits per heavy atom. The van der Waals surface area contributed by atoms with Gasteiger partial charge in [0.1, 0.15) is 4.90 Å². The number of aromatic nitrogens is 2. The van der Waals surface area contributed by atoms with E-state index in [0.717, 1.165) is 12.4 Å². The number of nitrogens with zero attached hydrogens (tertiary/aromatic N) is 2. The maximum atomic E-state index is 13.3. The number of rotatable bonds is 3. The summed E-state index contributed by atoms with van der Waals surface area (Å²) in [5.74, 6) is -0.777. The maximum Gasteiger partial charge on any atom is 0.265 e. The normalized spacial score (nSPS) is 11.2. The van der Waals surface area contributed by atoms with Crippen molar-refractivity contribution in [2.45, 2.75) is 4.90 Å². The Labute approximate surface area is 108 Å². The highest BCUT2D eigenvalue weighted by molar-refractivity contribution is 7.92. The molecule has 0 bridgehead atoms. The van der Waals surface area contributed by atoms with E-state index in [2.05, 4.69) is 14.7 Å².